The van der Waals surface area contributed by atoms with E-state index in [2.05, 4.69) is 9.97 Å². The molecule has 0 bridgehead atoms. The molecule has 1 saturated carbocycles. The fourth-order valence-corrected chi connectivity index (χ4v) is 3.81. The summed E-state index contributed by atoms with van der Waals surface area (Å²) in [5.41, 5.74) is 1.65. The van der Waals surface area contributed by atoms with Crippen molar-refractivity contribution < 1.29 is 9.53 Å². The quantitative estimate of drug-likeness (QED) is 0.478. The zero-order chi connectivity index (χ0) is 16.6. The fourth-order valence-electron chi connectivity index (χ4n) is 3.68. The van der Waals surface area contributed by atoms with Gasteiger partial charge in [-0.1, -0.05) is 19.8 Å². The molecule has 0 radical (unpaired) electrons. The van der Waals surface area contributed by atoms with Crippen molar-refractivity contribution in [2.75, 3.05) is 11.5 Å². The van der Waals surface area contributed by atoms with Crippen LogP contribution in [-0.2, 0) is 9.53 Å². The Hall–Kier alpha value is -1.62. The average molecular weight is 336 g/mol. The summed E-state index contributed by atoms with van der Waals surface area (Å²) < 4.78 is 5.64. The fraction of sp³-hybridized carbons (Fsp3) is 0.588. The van der Waals surface area contributed by atoms with Crippen molar-refractivity contribution in [3.63, 3.8) is 0 Å². The number of ether oxygens (including phenoxy) is 1. The van der Waals surface area contributed by atoms with Gasteiger partial charge in [0.15, 0.2) is 0 Å². The first-order chi connectivity index (χ1) is 11.0. The smallest absolute Gasteiger partial charge is 0.259 e. The van der Waals surface area contributed by atoms with Crippen LogP contribution in [0.15, 0.2) is 17.5 Å². The van der Waals surface area contributed by atoms with Crippen LogP contribution in [-0.4, -0.2) is 28.5 Å². The molecule has 23 heavy (non-hydrogen) atoms. The third-order valence-corrected chi connectivity index (χ3v) is 4.96. The Morgan fingerprint density at radius 3 is 2.78 bits per heavy atom. The largest absolute Gasteiger partial charge is 0.498 e. The predicted molar refractivity (Wildman–Crippen MR) is 89.5 cm³/mol. The molecule has 2 aliphatic rings. The highest BCUT2D eigenvalue weighted by atomic mass is 35.5. The molecule has 2 heterocycles. The predicted octanol–water partition coefficient (Wildman–Crippen LogP) is 3.83. The number of hydrogen-bond donors (Lipinski definition) is 0. The first-order valence-corrected chi connectivity index (χ1v) is 8.62. The Morgan fingerprint density at radius 1 is 1.43 bits per heavy atom. The molecule has 6 heteroatoms. The zero-order valence-corrected chi connectivity index (χ0v) is 14.6. The van der Waals surface area contributed by atoms with E-state index in [4.69, 9.17) is 16.3 Å². The average Bonchev–Trinajstić information content (AvgIpc) is 3.01. The van der Waals surface area contributed by atoms with Crippen molar-refractivity contribution in [2.45, 2.75) is 58.4 Å². The summed E-state index contributed by atoms with van der Waals surface area (Å²) in [6, 6.07) is 0.184. The number of carbonyl (C=O) groups excluding carboxylic acids is 1. The van der Waals surface area contributed by atoms with Crippen LogP contribution in [0, 0.1) is 0 Å². The Morgan fingerprint density at radius 2 is 2.13 bits per heavy atom. The van der Waals surface area contributed by atoms with Gasteiger partial charge in [-0.25, -0.2) is 4.98 Å². The summed E-state index contributed by atoms with van der Waals surface area (Å²) in [5.74, 6) is 1.26. The molecular formula is C17H22ClN3O2. The number of rotatable bonds is 3. The third kappa shape index (κ3) is 2.82. The Bertz CT molecular complexity index is 653. The normalized spacial score (nSPS) is 23.9. The van der Waals surface area contributed by atoms with E-state index in [-0.39, 0.29) is 23.2 Å². The minimum absolute atomic E-state index is 0.00221. The third-order valence-electron chi connectivity index (χ3n) is 4.77. The van der Waals surface area contributed by atoms with Gasteiger partial charge in [-0.05, 0) is 38.3 Å². The van der Waals surface area contributed by atoms with Gasteiger partial charge in [-0.2, -0.15) is 4.98 Å². The van der Waals surface area contributed by atoms with Gasteiger partial charge < -0.3 is 4.74 Å². The number of fused-ring (bicyclic) bond motifs is 1. The molecule has 0 saturated heterocycles. The molecule has 3 rings (SSSR count). The first-order valence-electron chi connectivity index (χ1n) is 8.24. The lowest BCUT2D eigenvalue weighted by atomic mass is 9.87. The number of aromatic nitrogens is 2. The topological polar surface area (TPSA) is 55.3 Å². The second-order valence-corrected chi connectivity index (χ2v) is 6.49. The number of allylic oxidation sites excluding steroid dienone is 1. The number of halogens is 1. The van der Waals surface area contributed by atoms with Crippen LogP contribution in [0.2, 0.25) is 5.28 Å². The summed E-state index contributed by atoms with van der Waals surface area (Å²) in [6.45, 7) is 6.33. The molecule has 1 aliphatic heterocycles. The first kappa shape index (κ1) is 16.2. The summed E-state index contributed by atoms with van der Waals surface area (Å²) >= 11 is 6.00. The molecule has 1 aromatic heterocycles. The van der Waals surface area contributed by atoms with Crippen LogP contribution in [0.1, 0.15) is 57.9 Å². The minimum Gasteiger partial charge on any atom is -0.498 e. The van der Waals surface area contributed by atoms with Gasteiger partial charge in [0, 0.05) is 23.7 Å². The lowest BCUT2D eigenvalue weighted by Gasteiger charge is -2.37. The summed E-state index contributed by atoms with van der Waals surface area (Å²) in [5, 5.41) is 0.181. The van der Waals surface area contributed by atoms with E-state index in [0.717, 1.165) is 31.2 Å². The van der Waals surface area contributed by atoms with Crippen molar-refractivity contribution in [1.82, 2.24) is 9.97 Å². The lowest BCUT2D eigenvalue weighted by Crippen LogP contribution is -2.45. The maximum atomic E-state index is 13.2. The van der Waals surface area contributed by atoms with Gasteiger partial charge in [0.05, 0.1) is 12.2 Å². The maximum Gasteiger partial charge on any atom is 0.259 e. The van der Waals surface area contributed by atoms with Crippen molar-refractivity contribution in [1.29, 1.82) is 0 Å². The molecule has 1 aromatic rings. The maximum absolute atomic E-state index is 13.2. The van der Waals surface area contributed by atoms with E-state index < -0.39 is 0 Å². The number of anilines is 1. The van der Waals surface area contributed by atoms with Gasteiger partial charge in [0.1, 0.15) is 11.6 Å². The van der Waals surface area contributed by atoms with Gasteiger partial charge >= 0.3 is 0 Å². The van der Waals surface area contributed by atoms with Crippen LogP contribution < -0.4 is 4.90 Å². The molecule has 5 nitrogen and oxygen atoms in total. The van der Waals surface area contributed by atoms with Crippen LogP contribution in [0.25, 0.3) is 0 Å². The Balaban J connectivity index is 2.14. The molecule has 1 aliphatic carbocycles. The van der Waals surface area contributed by atoms with E-state index >= 15 is 0 Å². The van der Waals surface area contributed by atoms with E-state index in [1.165, 1.54) is 0 Å². The van der Waals surface area contributed by atoms with Crippen molar-refractivity contribution in [3.05, 3.63) is 28.4 Å². The molecule has 0 N–H and O–H groups in total. The van der Waals surface area contributed by atoms with E-state index in [9.17, 15) is 4.79 Å². The van der Waals surface area contributed by atoms with E-state index in [1.54, 1.807) is 6.20 Å². The second-order valence-electron chi connectivity index (χ2n) is 6.16. The zero-order valence-electron chi connectivity index (χ0n) is 13.8. The van der Waals surface area contributed by atoms with Crippen molar-refractivity contribution in [3.8, 4) is 0 Å². The minimum atomic E-state index is -0.0982. The number of amides is 1. The molecule has 1 unspecified atom stereocenters. The second kappa shape index (κ2) is 6.48. The highest BCUT2D eigenvalue weighted by Crippen LogP contribution is 2.42. The van der Waals surface area contributed by atoms with Crippen molar-refractivity contribution in [2.24, 2.45) is 0 Å². The molecule has 1 atom stereocenters. The Kier molecular flexibility index (Phi) is 4.57. The van der Waals surface area contributed by atoms with Gasteiger partial charge in [0.25, 0.3) is 5.91 Å². The van der Waals surface area contributed by atoms with Crippen LogP contribution in [0.3, 0.4) is 0 Å². The molecule has 0 spiro atoms. The van der Waals surface area contributed by atoms with Gasteiger partial charge in [-0.15, -0.1) is 0 Å². The molecule has 1 fully saturated rings. The molecule has 0 aromatic carbocycles. The van der Waals surface area contributed by atoms with E-state index in [0.29, 0.717) is 23.8 Å². The number of nitrogens with zero attached hydrogens (tertiary/aromatic N) is 3. The standard InChI is InChI=1S/C17H22ClN3O2/c1-4-23-11(3)14-10(2)13-9-19-17(18)20-15(13)21(16(14)22)12-7-5-6-8-12/h9-10,12H,4-8H2,1-3H3. The molecular weight excluding hydrogens is 314 g/mol. The SMILES string of the molecule is CCOC(C)=C1C(=O)N(C2CCCC2)c2nc(Cl)ncc2C1C. The monoisotopic (exact) mass is 335 g/mol. The van der Waals surface area contributed by atoms with Crippen molar-refractivity contribution >= 4 is 23.3 Å². The molecule has 1 amide bonds. The van der Waals surface area contributed by atoms with Crippen LogP contribution in [0.4, 0.5) is 5.82 Å². The van der Waals surface area contributed by atoms with E-state index in [1.807, 2.05) is 25.7 Å². The summed E-state index contributed by atoms with van der Waals surface area (Å²) in [7, 11) is 0. The summed E-state index contributed by atoms with van der Waals surface area (Å²) in [6.07, 6.45) is 6.02. The van der Waals surface area contributed by atoms with Crippen LogP contribution in [0.5, 0.6) is 0 Å². The van der Waals surface area contributed by atoms with Gasteiger partial charge in [-0.3, -0.25) is 9.69 Å². The highest BCUT2D eigenvalue weighted by molar-refractivity contribution is 6.28. The van der Waals surface area contributed by atoms with Gasteiger partial charge in [0.2, 0.25) is 5.28 Å². The highest BCUT2D eigenvalue weighted by Gasteiger charge is 2.41. The summed E-state index contributed by atoms with van der Waals surface area (Å²) in [4.78, 5) is 23.5. The number of hydrogen-bond acceptors (Lipinski definition) is 4. The molecule has 124 valence electrons. The number of carbonyl (C=O) groups is 1. The Labute approximate surface area is 141 Å². The lowest BCUT2D eigenvalue weighted by molar-refractivity contribution is -0.116. The van der Waals surface area contributed by atoms with Crippen LogP contribution >= 0.6 is 11.6 Å².